The third-order valence-electron chi connectivity index (χ3n) is 4.73. The molecule has 3 rings (SSSR count). The van der Waals surface area contributed by atoms with Crippen molar-refractivity contribution in [3.8, 4) is 0 Å². The lowest BCUT2D eigenvalue weighted by Crippen LogP contribution is -2.40. The van der Waals surface area contributed by atoms with Crippen molar-refractivity contribution in [2.75, 3.05) is 6.54 Å². The van der Waals surface area contributed by atoms with Crippen molar-refractivity contribution in [3.63, 3.8) is 0 Å². The first-order valence-corrected chi connectivity index (χ1v) is 8.06. The first-order chi connectivity index (χ1) is 9.75. The van der Waals surface area contributed by atoms with E-state index in [1.54, 1.807) is 18.3 Å². The predicted molar refractivity (Wildman–Crippen MR) is 79.9 cm³/mol. The van der Waals surface area contributed by atoms with Crippen LogP contribution >= 0.6 is 11.6 Å². The molecule has 1 saturated carbocycles. The van der Waals surface area contributed by atoms with Crippen molar-refractivity contribution >= 4 is 17.5 Å². The molecule has 2 aliphatic rings. The van der Waals surface area contributed by atoms with Crippen LogP contribution in [0.5, 0.6) is 0 Å². The molecule has 2 heterocycles. The molecule has 0 aromatic carbocycles. The summed E-state index contributed by atoms with van der Waals surface area (Å²) in [5.74, 6) is 0.829. The Labute approximate surface area is 125 Å². The number of rotatable bonds is 2. The monoisotopic (exact) mass is 292 g/mol. The number of hydrogen-bond donors (Lipinski definition) is 0. The molecule has 1 atom stereocenters. The van der Waals surface area contributed by atoms with Crippen molar-refractivity contribution < 1.29 is 4.79 Å². The van der Waals surface area contributed by atoms with Crippen molar-refractivity contribution in [1.82, 2.24) is 9.88 Å². The second kappa shape index (κ2) is 6.13. The van der Waals surface area contributed by atoms with Gasteiger partial charge in [0.2, 0.25) is 0 Å². The van der Waals surface area contributed by atoms with Gasteiger partial charge in [0.1, 0.15) is 5.15 Å². The van der Waals surface area contributed by atoms with Crippen LogP contribution in [0.4, 0.5) is 0 Å². The van der Waals surface area contributed by atoms with Crippen LogP contribution in [-0.2, 0) is 0 Å². The Balaban J connectivity index is 1.76. The summed E-state index contributed by atoms with van der Waals surface area (Å²) in [5.41, 5.74) is 0.674. The molecule has 1 aliphatic heterocycles. The Hall–Kier alpha value is -1.09. The van der Waals surface area contributed by atoms with E-state index in [1.165, 1.54) is 32.1 Å². The number of hydrogen-bond acceptors (Lipinski definition) is 2. The topological polar surface area (TPSA) is 33.2 Å². The van der Waals surface area contributed by atoms with Gasteiger partial charge in [-0.15, -0.1) is 0 Å². The van der Waals surface area contributed by atoms with E-state index in [2.05, 4.69) is 9.88 Å². The predicted octanol–water partition coefficient (Wildman–Crippen LogP) is 3.92. The molecule has 4 heteroatoms. The lowest BCUT2D eigenvalue weighted by Gasteiger charge is -2.34. The van der Waals surface area contributed by atoms with Crippen molar-refractivity contribution in [2.24, 2.45) is 5.92 Å². The lowest BCUT2D eigenvalue weighted by atomic mass is 9.83. The van der Waals surface area contributed by atoms with E-state index in [-0.39, 0.29) is 5.91 Å². The van der Waals surface area contributed by atoms with Gasteiger partial charge in [-0.3, -0.25) is 4.79 Å². The summed E-state index contributed by atoms with van der Waals surface area (Å²) in [4.78, 5) is 18.7. The normalized spacial score (nSPS) is 24.1. The zero-order valence-corrected chi connectivity index (χ0v) is 12.5. The second-order valence-electron chi connectivity index (χ2n) is 5.97. The highest BCUT2D eigenvalue weighted by molar-refractivity contribution is 6.29. The van der Waals surface area contributed by atoms with Crippen LogP contribution in [0.3, 0.4) is 0 Å². The zero-order chi connectivity index (χ0) is 13.9. The van der Waals surface area contributed by atoms with Gasteiger partial charge < -0.3 is 4.90 Å². The molecule has 1 unspecified atom stereocenters. The van der Waals surface area contributed by atoms with Crippen LogP contribution in [0.2, 0.25) is 5.15 Å². The van der Waals surface area contributed by atoms with Gasteiger partial charge in [0, 0.05) is 24.3 Å². The highest BCUT2D eigenvalue weighted by Crippen LogP contribution is 2.35. The minimum Gasteiger partial charge on any atom is -0.335 e. The third kappa shape index (κ3) is 2.83. The van der Waals surface area contributed by atoms with Crippen molar-refractivity contribution in [2.45, 2.75) is 51.0 Å². The molecule has 20 heavy (non-hydrogen) atoms. The van der Waals surface area contributed by atoms with Gasteiger partial charge in [0.15, 0.2) is 0 Å². The molecule has 0 bridgehead atoms. The number of halogens is 1. The number of likely N-dealkylation sites (tertiary alicyclic amines) is 1. The molecule has 1 aromatic heterocycles. The fraction of sp³-hybridized carbons (Fsp3) is 0.625. The summed E-state index contributed by atoms with van der Waals surface area (Å²) >= 11 is 5.90. The number of nitrogens with zero attached hydrogens (tertiary/aromatic N) is 2. The average Bonchev–Trinajstić information content (AvgIpc) is 2.97. The SMILES string of the molecule is O=C(c1ccnc(Cl)c1)N1CCCC1C1CCCCC1. The molecule has 3 nitrogen and oxygen atoms in total. The molecule has 1 saturated heterocycles. The molecule has 0 spiro atoms. The Morgan fingerprint density at radius 1 is 1.20 bits per heavy atom. The quantitative estimate of drug-likeness (QED) is 0.774. The number of carbonyl (C=O) groups is 1. The molecular formula is C16H21ClN2O. The van der Waals surface area contributed by atoms with E-state index >= 15 is 0 Å². The van der Waals surface area contributed by atoms with E-state index in [9.17, 15) is 4.79 Å². The first kappa shape index (κ1) is 13.9. The highest BCUT2D eigenvalue weighted by atomic mass is 35.5. The van der Waals surface area contributed by atoms with Crippen LogP contribution in [0.25, 0.3) is 0 Å². The summed E-state index contributed by atoms with van der Waals surface area (Å²) < 4.78 is 0. The van der Waals surface area contributed by atoms with Gasteiger partial charge in [0.25, 0.3) is 5.91 Å². The number of pyridine rings is 1. The second-order valence-corrected chi connectivity index (χ2v) is 6.36. The number of carbonyl (C=O) groups excluding carboxylic acids is 1. The van der Waals surface area contributed by atoms with Gasteiger partial charge in [-0.25, -0.2) is 4.98 Å². The van der Waals surface area contributed by atoms with Crippen LogP contribution in [0.15, 0.2) is 18.3 Å². The molecule has 1 aromatic rings. The fourth-order valence-electron chi connectivity index (χ4n) is 3.76. The fourth-order valence-corrected chi connectivity index (χ4v) is 3.93. The van der Waals surface area contributed by atoms with Crippen LogP contribution in [-0.4, -0.2) is 28.4 Å². The lowest BCUT2D eigenvalue weighted by molar-refractivity contribution is 0.0661. The molecule has 0 N–H and O–H groups in total. The third-order valence-corrected chi connectivity index (χ3v) is 4.93. The summed E-state index contributed by atoms with van der Waals surface area (Å²) in [7, 11) is 0. The maximum Gasteiger partial charge on any atom is 0.254 e. The smallest absolute Gasteiger partial charge is 0.254 e. The van der Waals surface area contributed by atoms with Gasteiger partial charge in [0.05, 0.1) is 0 Å². The Bertz CT molecular complexity index is 485. The van der Waals surface area contributed by atoms with E-state index in [4.69, 9.17) is 11.6 Å². The number of aromatic nitrogens is 1. The largest absolute Gasteiger partial charge is 0.335 e. The molecular weight excluding hydrogens is 272 g/mol. The first-order valence-electron chi connectivity index (χ1n) is 7.68. The standard InChI is InChI=1S/C16H21ClN2O/c17-15-11-13(8-9-18-15)16(20)19-10-4-7-14(19)12-5-2-1-3-6-12/h8-9,11-12,14H,1-7,10H2. The van der Waals surface area contributed by atoms with E-state index in [0.717, 1.165) is 19.4 Å². The molecule has 1 aliphatic carbocycles. The maximum atomic E-state index is 12.7. The summed E-state index contributed by atoms with van der Waals surface area (Å²) in [6.07, 6.45) is 10.5. The molecule has 0 radical (unpaired) electrons. The van der Waals surface area contributed by atoms with Crippen LogP contribution in [0, 0.1) is 5.92 Å². The summed E-state index contributed by atoms with van der Waals surface area (Å²) in [6.45, 7) is 0.889. The highest BCUT2D eigenvalue weighted by Gasteiger charge is 2.35. The van der Waals surface area contributed by atoms with Crippen molar-refractivity contribution in [1.29, 1.82) is 0 Å². The molecule has 2 fully saturated rings. The maximum absolute atomic E-state index is 12.7. The van der Waals surface area contributed by atoms with Gasteiger partial charge in [-0.05, 0) is 43.7 Å². The Morgan fingerprint density at radius 3 is 2.75 bits per heavy atom. The summed E-state index contributed by atoms with van der Waals surface area (Å²) in [5, 5.41) is 0.393. The zero-order valence-electron chi connectivity index (χ0n) is 11.7. The van der Waals surface area contributed by atoms with E-state index in [0.29, 0.717) is 22.7 Å². The molecule has 108 valence electrons. The van der Waals surface area contributed by atoms with E-state index in [1.807, 2.05) is 0 Å². The summed E-state index contributed by atoms with van der Waals surface area (Å²) in [6, 6.07) is 3.89. The van der Waals surface area contributed by atoms with Crippen LogP contribution < -0.4 is 0 Å². The Kier molecular flexibility index (Phi) is 4.25. The van der Waals surface area contributed by atoms with Gasteiger partial charge >= 0.3 is 0 Å². The van der Waals surface area contributed by atoms with Crippen molar-refractivity contribution in [3.05, 3.63) is 29.0 Å². The average molecular weight is 293 g/mol. The van der Waals surface area contributed by atoms with Gasteiger partial charge in [-0.2, -0.15) is 0 Å². The minimum absolute atomic E-state index is 0.127. The van der Waals surface area contributed by atoms with Crippen LogP contribution in [0.1, 0.15) is 55.3 Å². The minimum atomic E-state index is 0.127. The van der Waals surface area contributed by atoms with E-state index < -0.39 is 0 Å². The number of amides is 1. The van der Waals surface area contributed by atoms with Gasteiger partial charge in [-0.1, -0.05) is 30.9 Å². The Morgan fingerprint density at radius 2 is 2.00 bits per heavy atom. The molecule has 1 amide bonds.